The topological polar surface area (TPSA) is 36.5 Å². The third-order valence-electron chi connectivity index (χ3n) is 6.13. The van der Waals surface area contributed by atoms with Gasteiger partial charge in [0, 0.05) is 31.7 Å². The second-order valence-electron chi connectivity index (χ2n) is 7.68. The molecule has 120 valence electrons. The predicted molar refractivity (Wildman–Crippen MR) is 84.5 cm³/mol. The highest BCUT2D eigenvalue weighted by molar-refractivity contribution is 4.98. The minimum absolute atomic E-state index is 0.535. The molecule has 0 aromatic rings. The first-order chi connectivity index (χ1) is 10.4. The van der Waals surface area contributed by atoms with Gasteiger partial charge in [-0.05, 0) is 64.0 Å². The lowest BCUT2D eigenvalue weighted by Crippen LogP contribution is -2.46. The van der Waals surface area contributed by atoms with Crippen molar-refractivity contribution in [3.05, 3.63) is 0 Å². The Bertz CT molecular complexity index is 337. The summed E-state index contributed by atoms with van der Waals surface area (Å²) in [5, 5.41) is 7.03. The Morgan fingerprint density at radius 3 is 2.38 bits per heavy atom. The van der Waals surface area contributed by atoms with E-state index in [1.807, 2.05) is 0 Å². The molecule has 4 rings (SSSR count). The standard InChI is InChI=1S/C17H31N3O/c1-3-16(21-17-5-7-18-8-6-17)4-2-13(1)11-20-12-14-9-15(20)10-19-14/h13-19H,1-12H2. The summed E-state index contributed by atoms with van der Waals surface area (Å²) < 4.78 is 6.34. The molecule has 0 spiro atoms. The number of ether oxygens (including phenoxy) is 1. The molecule has 4 heteroatoms. The van der Waals surface area contributed by atoms with Crippen molar-refractivity contribution < 1.29 is 4.74 Å². The maximum atomic E-state index is 6.34. The van der Waals surface area contributed by atoms with Crippen LogP contribution in [-0.2, 0) is 4.74 Å². The van der Waals surface area contributed by atoms with E-state index in [-0.39, 0.29) is 0 Å². The molecule has 2 bridgehead atoms. The molecule has 3 saturated heterocycles. The zero-order chi connectivity index (χ0) is 14.1. The summed E-state index contributed by atoms with van der Waals surface area (Å²) in [7, 11) is 0. The van der Waals surface area contributed by atoms with Gasteiger partial charge in [-0.2, -0.15) is 0 Å². The Morgan fingerprint density at radius 1 is 0.952 bits per heavy atom. The van der Waals surface area contributed by atoms with Crippen LogP contribution in [0.15, 0.2) is 0 Å². The number of hydrogen-bond acceptors (Lipinski definition) is 4. The lowest BCUT2D eigenvalue weighted by Gasteiger charge is -2.36. The highest BCUT2D eigenvalue weighted by Gasteiger charge is 2.38. The van der Waals surface area contributed by atoms with E-state index in [1.165, 1.54) is 64.6 Å². The number of nitrogens with zero attached hydrogens (tertiary/aromatic N) is 1. The van der Waals surface area contributed by atoms with Gasteiger partial charge in [0.15, 0.2) is 0 Å². The van der Waals surface area contributed by atoms with E-state index in [1.54, 1.807) is 0 Å². The van der Waals surface area contributed by atoms with E-state index in [2.05, 4.69) is 15.5 Å². The van der Waals surface area contributed by atoms with Crippen LogP contribution in [0.5, 0.6) is 0 Å². The number of rotatable bonds is 4. The van der Waals surface area contributed by atoms with Gasteiger partial charge >= 0.3 is 0 Å². The Morgan fingerprint density at radius 2 is 1.71 bits per heavy atom. The fourth-order valence-corrected chi connectivity index (χ4v) is 4.86. The minimum atomic E-state index is 0.535. The van der Waals surface area contributed by atoms with Crippen LogP contribution in [0.3, 0.4) is 0 Å². The molecule has 2 N–H and O–H groups in total. The molecule has 1 saturated carbocycles. The Kier molecular flexibility index (Phi) is 4.49. The Hall–Kier alpha value is -0.160. The van der Waals surface area contributed by atoms with Gasteiger partial charge in [-0.25, -0.2) is 0 Å². The summed E-state index contributed by atoms with van der Waals surface area (Å²) in [5.41, 5.74) is 0. The second-order valence-corrected chi connectivity index (χ2v) is 7.68. The summed E-state index contributed by atoms with van der Waals surface area (Å²) in [6.45, 7) is 6.18. The lowest BCUT2D eigenvalue weighted by molar-refractivity contribution is -0.0499. The SMILES string of the molecule is C1CC(OC2CCC(CN3CC4CC3CN4)CC2)CCN1. The average Bonchev–Trinajstić information content (AvgIpc) is 3.13. The molecule has 21 heavy (non-hydrogen) atoms. The van der Waals surface area contributed by atoms with Crippen molar-refractivity contribution in [2.24, 2.45) is 5.92 Å². The van der Waals surface area contributed by atoms with Gasteiger partial charge in [0.25, 0.3) is 0 Å². The first-order valence-electron chi connectivity index (χ1n) is 9.20. The van der Waals surface area contributed by atoms with Gasteiger partial charge in [0.05, 0.1) is 12.2 Å². The van der Waals surface area contributed by atoms with Crippen LogP contribution in [-0.4, -0.2) is 61.9 Å². The van der Waals surface area contributed by atoms with E-state index >= 15 is 0 Å². The van der Waals surface area contributed by atoms with Crippen molar-refractivity contribution >= 4 is 0 Å². The van der Waals surface area contributed by atoms with Gasteiger partial charge in [-0.1, -0.05) is 0 Å². The molecule has 2 unspecified atom stereocenters. The summed E-state index contributed by atoms with van der Waals surface area (Å²) in [4.78, 5) is 2.76. The van der Waals surface area contributed by atoms with Crippen LogP contribution in [0.4, 0.5) is 0 Å². The van der Waals surface area contributed by atoms with Crippen LogP contribution >= 0.6 is 0 Å². The molecule has 0 radical (unpaired) electrons. The number of nitrogens with one attached hydrogen (secondary N) is 2. The number of piperazine rings is 1. The molecule has 2 atom stereocenters. The van der Waals surface area contributed by atoms with Crippen molar-refractivity contribution in [3.63, 3.8) is 0 Å². The highest BCUT2D eigenvalue weighted by Crippen LogP contribution is 2.31. The van der Waals surface area contributed by atoms with Gasteiger partial charge in [0.2, 0.25) is 0 Å². The fraction of sp³-hybridized carbons (Fsp3) is 1.00. The number of hydrogen-bond donors (Lipinski definition) is 2. The van der Waals surface area contributed by atoms with Gasteiger partial charge in [-0.3, -0.25) is 4.90 Å². The lowest BCUT2D eigenvalue weighted by atomic mass is 9.86. The first-order valence-corrected chi connectivity index (χ1v) is 9.20. The summed E-state index contributed by atoms with van der Waals surface area (Å²) >= 11 is 0. The number of piperidine rings is 1. The highest BCUT2D eigenvalue weighted by atomic mass is 16.5. The monoisotopic (exact) mass is 293 g/mol. The van der Waals surface area contributed by atoms with Crippen LogP contribution in [0.2, 0.25) is 0 Å². The number of fused-ring (bicyclic) bond motifs is 2. The van der Waals surface area contributed by atoms with Crippen molar-refractivity contribution in [3.8, 4) is 0 Å². The quantitative estimate of drug-likeness (QED) is 0.821. The summed E-state index contributed by atoms with van der Waals surface area (Å²) in [6, 6.07) is 1.65. The smallest absolute Gasteiger partial charge is 0.0603 e. The van der Waals surface area contributed by atoms with Crippen molar-refractivity contribution in [1.29, 1.82) is 0 Å². The zero-order valence-corrected chi connectivity index (χ0v) is 13.2. The maximum Gasteiger partial charge on any atom is 0.0603 e. The summed E-state index contributed by atoms with van der Waals surface area (Å²) in [5.74, 6) is 0.928. The molecule has 3 aliphatic heterocycles. The zero-order valence-electron chi connectivity index (χ0n) is 13.2. The van der Waals surface area contributed by atoms with Crippen LogP contribution in [0.25, 0.3) is 0 Å². The Balaban J connectivity index is 1.18. The van der Waals surface area contributed by atoms with Crippen molar-refractivity contribution in [2.75, 3.05) is 32.7 Å². The molecule has 0 aromatic carbocycles. The van der Waals surface area contributed by atoms with E-state index in [0.29, 0.717) is 12.2 Å². The molecule has 4 aliphatic rings. The van der Waals surface area contributed by atoms with Gasteiger partial charge < -0.3 is 15.4 Å². The second kappa shape index (κ2) is 6.53. The molecule has 4 nitrogen and oxygen atoms in total. The van der Waals surface area contributed by atoms with E-state index in [4.69, 9.17) is 4.74 Å². The normalized spacial score (nSPS) is 41.7. The van der Waals surface area contributed by atoms with Crippen molar-refractivity contribution in [1.82, 2.24) is 15.5 Å². The predicted octanol–water partition coefficient (Wildman–Crippen LogP) is 1.36. The molecule has 0 amide bonds. The molecule has 1 aliphatic carbocycles. The van der Waals surface area contributed by atoms with Crippen LogP contribution in [0, 0.1) is 5.92 Å². The molecule has 0 aromatic heterocycles. The van der Waals surface area contributed by atoms with Crippen LogP contribution < -0.4 is 10.6 Å². The largest absolute Gasteiger partial charge is 0.375 e. The first kappa shape index (κ1) is 14.4. The van der Waals surface area contributed by atoms with Gasteiger partial charge in [-0.15, -0.1) is 0 Å². The number of likely N-dealkylation sites (tertiary alicyclic amines) is 1. The van der Waals surface area contributed by atoms with Gasteiger partial charge in [0.1, 0.15) is 0 Å². The fourth-order valence-electron chi connectivity index (χ4n) is 4.86. The van der Waals surface area contributed by atoms with E-state index in [9.17, 15) is 0 Å². The Labute approximate surface area is 129 Å². The third kappa shape index (κ3) is 3.44. The molecule has 3 heterocycles. The van der Waals surface area contributed by atoms with Crippen molar-refractivity contribution in [2.45, 2.75) is 69.2 Å². The van der Waals surface area contributed by atoms with E-state index in [0.717, 1.165) is 31.1 Å². The molecule has 4 fully saturated rings. The van der Waals surface area contributed by atoms with Crippen LogP contribution in [0.1, 0.15) is 44.9 Å². The third-order valence-corrected chi connectivity index (χ3v) is 6.13. The maximum absolute atomic E-state index is 6.34. The minimum Gasteiger partial charge on any atom is -0.375 e. The molecular formula is C17H31N3O. The van der Waals surface area contributed by atoms with E-state index < -0.39 is 0 Å². The molecular weight excluding hydrogens is 262 g/mol. The average molecular weight is 293 g/mol. The summed E-state index contributed by atoms with van der Waals surface area (Å²) in [6.07, 6.45) is 10.3.